The van der Waals surface area contributed by atoms with Crippen molar-refractivity contribution in [1.82, 2.24) is 9.88 Å². The van der Waals surface area contributed by atoms with E-state index in [1.807, 2.05) is 0 Å². The van der Waals surface area contributed by atoms with Crippen LogP contribution in [-0.2, 0) is 0 Å². The molecule has 0 atom stereocenters. The predicted molar refractivity (Wildman–Crippen MR) is 86.4 cm³/mol. The summed E-state index contributed by atoms with van der Waals surface area (Å²) in [6, 6.07) is 7.08. The van der Waals surface area contributed by atoms with Gasteiger partial charge >= 0.3 is 6.18 Å². The number of ether oxygens (including phenoxy) is 1. The van der Waals surface area contributed by atoms with E-state index < -0.39 is 18.6 Å². The molecule has 0 aliphatic rings. The average Bonchev–Trinajstić information content (AvgIpc) is 3.02. The van der Waals surface area contributed by atoms with Crippen LogP contribution < -0.4 is 4.74 Å². The normalized spacial score (nSPS) is 11.4. The second-order valence-corrected chi connectivity index (χ2v) is 5.97. The number of carbonyl (C=O) groups excluding carboxylic acids is 1. The summed E-state index contributed by atoms with van der Waals surface area (Å²) >= 11 is 1.22. The van der Waals surface area contributed by atoms with Gasteiger partial charge in [-0.1, -0.05) is 6.92 Å². The first kappa shape index (κ1) is 18.3. The van der Waals surface area contributed by atoms with Crippen molar-refractivity contribution in [2.45, 2.75) is 19.5 Å². The first-order valence-electron chi connectivity index (χ1n) is 7.30. The Morgan fingerprint density at radius 3 is 2.50 bits per heavy atom. The quantitative estimate of drug-likeness (QED) is 0.776. The van der Waals surface area contributed by atoms with Gasteiger partial charge in [-0.05, 0) is 30.7 Å². The van der Waals surface area contributed by atoms with Crippen molar-refractivity contribution in [2.24, 2.45) is 0 Å². The molecule has 0 aliphatic carbocycles. The Kier molecular flexibility index (Phi) is 5.82. The van der Waals surface area contributed by atoms with Crippen molar-refractivity contribution < 1.29 is 22.7 Å². The number of amides is 1. The summed E-state index contributed by atoms with van der Waals surface area (Å²) in [5.41, 5.74) is 0.807. The number of halogens is 3. The maximum absolute atomic E-state index is 12.6. The first-order valence-corrected chi connectivity index (χ1v) is 8.18. The molecular weight excluding hydrogens is 341 g/mol. The highest BCUT2D eigenvalue weighted by molar-refractivity contribution is 7.13. The van der Waals surface area contributed by atoms with Crippen LogP contribution in [0.5, 0.6) is 5.75 Å². The molecule has 0 bridgehead atoms. The molecule has 0 unspecified atom stereocenters. The van der Waals surface area contributed by atoms with Crippen molar-refractivity contribution in [1.29, 1.82) is 0 Å². The summed E-state index contributed by atoms with van der Waals surface area (Å²) in [6.07, 6.45) is -3.99. The van der Waals surface area contributed by atoms with Gasteiger partial charge in [0, 0.05) is 17.5 Å². The molecular formula is C16H17F3N2O2S. The van der Waals surface area contributed by atoms with Crippen LogP contribution in [0.15, 0.2) is 29.6 Å². The van der Waals surface area contributed by atoms with Gasteiger partial charge in [-0.15, -0.1) is 11.3 Å². The molecule has 1 aromatic carbocycles. The largest absolute Gasteiger partial charge is 0.497 e. The molecule has 0 radical (unpaired) electrons. The molecule has 0 aliphatic heterocycles. The SMILES string of the molecule is CCCN(CC(F)(F)F)C(=O)c1csc(-c2ccc(OC)cc2)n1. The molecule has 0 saturated heterocycles. The molecule has 8 heteroatoms. The van der Waals surface area contributed by atoms with E-state index in [4.69, 9.17) is 4.74 Å². The Balaban J connectivity index is 2.19. The highest BCUT2D eigenvalue weighted by Gasteiger charge is 2.33. The first-order chi connectivity index (χ1) is 11.3. The van der Waals surface area contributed by atoms with Gasteiger partial charge in [0.25, 0.3) is 5.91 Å². The van der Waals surface area contributed by atoms with E-state index in [0.29, 0.717) is 17.2 Å². The van der Waals surface area contributed by atoms with Crippen LogP contribution in [0, 0.1) is 0 Å². The number of thiazole rings is 1. The summed E-state index contributed by atoms with van der Waals surface area (Å²) < 4.78 is 42.9. The van der Waals surface area contributed by atoms with E-state index in [0.717, 1.165) is 10.5 Å². The van der Waals surface area contributed by atoms with Crippen LogP contribution in [0.3, 0.4) is 0 Å². The lowest BCUT2D eigenvalue weighted by molar-refractivity contribution is -0.140. The second-order valence-electron chi connectivity index (χ2n) is 5.11. The van der Waals surface area contributed by atoms with E-state index in [2.05, 4.69) is 4.98 Å². The molecule has 1 amide bonds. The highest BCUT2D eigenvalue weighted by atomic mass is 32.1. The fraction of sp³-hybridized carbons (Fsp3) is 0.375. The third-order valence-electron chi connectivity index (χ3n) is 3.21. The minimum absolute atomic E-state index is 0.0310. The predicted octanol–water partition coefficient (Wildman–Crippen LogP) is 4.23. The monoisotopic (exact) mass is 358 g/mol. The van der Waals surface area contributed by atoms with Crippen LogP contribution in [0.25, 0.3) is 10.6 Å². The second kappa shape index (κ2) is 7.65. The molecule has 0 fully saturated rings. The highest BCUT2D eigenvalue weighted by Crippen LogP contribution is 2.27. The Bertz CT molecular complexity index is 683. The third kappa shape index (κ3) is 4.70. The summed E-state index contributed by atoms with van der Waals surface area (Å²) in [7, 11) is 1.55. The van der Waals surface area contributed by atoms with Crippen molar-refractivity contribution in [2.75, 3.05) is 20.2 Å². The van der Waals surface area contributed by atoms with Crippen LogP contribution >= 0.6 is 11.3 Å². The smallest absolute Gasteiger partial charge is 0.406 e. The minimum Gasteiger partial charge on any atom is -0.497 e. The van der Waals surface area contributed by atoms with Crippen LogP contribution in [-0.4, -0.2) is 42.2 Å². The lowest BCUT2D eigenvalue weighted by atomic mass is 10.2. The third-order valence-corrected chi connectivity index (χ3v) is 4.10. The standard InChI is InChI=1S/C16H17F3N2O2S/c1-3-8-21(10-16(17,18)19)15(22)13-9-24-14(20-13)11-4-6-12(23-2)7-5-11/h4-7,9H,3,8,10H2,1-2H3. The number of rotatable bonds is 6. The Labute approximate surface area is 141 Å². The Morgan fingerprint density at radius 2 is 1.96 bits per heavy atom. The van der Waals surface area contributed by atoms with E-state index in [9.17, 15) is 18.0 Å². The fourth-order valence-electron chi connectivity index (χ4n) is 2.14. The summed E-state index contributed by atoms with van der Waals surface area (Å²) in [6.45, 7) is 0.489. The molecule has 0 N–H and O–H groups in total. The van der Waals surface area contributed by atoms with Gasteiger partial charge in [-0.25, -0.2) is 4.98 Å². The van der Waals surface area contributed by atoms with Gasteiger partial charge in [0.15, 0.2) is 0 Å². The topological polar surface area (TPSA) is 42.4 Å². The molecule has 1 heterocycles. The number of methoxy groups -OCH3 is 1. The van der Waals surface area contributed by atoms with E-state index in [1.165, 1.54) is 16.7 Å². The average molecular weight is 358 g/mol. The molecule has 4 nitrogen and oxygen atoms in total. The molecule has 0 spiro atoms. The van der Waals surface area contributed by atoms with Gasteiger partial charge in [0.1, 0.15) is 23.0 Å². The molecule has 130 valence electrons. The molecule has 2 rings (SSSR count). The molecule has 2 aromatic rings. The van der Waals surface area contributed by atoms with E-state index in [1.54, 1.807) is 38.3 Å². The van der Waals surface area contributed by atoms with Crippen LogP contribution in [0.4, 0.5) is 13.2 Å². The van der Waals surface area contributed by atoms with Crippen molar-refractivity contribution in [3.8, 4) is 16.3 Å². The zero-order valence-electron chi connectivity index (χ0n) is 13.3. The van der Waals surface area contributed by atoms with Gasteiger partial charge < -0.3 is 9.64 Å². The van der Waals surface area contributed by atoms with Crippen molar-refractivity contribution in [3.63, 3.8) is 0 Å². The zero-order valence-corrected chi connectivity index (χ0v) is 14.1. The maximum atomic E-state index is 12.6. The number of carbonyl (C=O) groups is 1. The van der Waals surface area contributed by atoms with E-state index in [-0.39, 0.29) is 12.2 Å². The number of hydrogen-bond donors (Lipinski definition) is 0. The lowest BCUT2D eigenvalue weighted by Gasteiger charge is -2.22. The van der Waals surface area contributed by atoms with Crippen molar-refractivity contribution in [3.05, 3.63) is 35.3 Å². The maximum Gasteiger partial charge on any atom is 0.406 e. The number of nitrogens with zero attached hydrogens (tertiary/aromatic N) is 2. The lowest BCUT2D eigenvalue weighted by Crippen LogP contribution is -2.39. The van der Waals surface area contributed by atoms with Gasteiger partial charge in [0.2, 0.25) is 0 Å². The number of alkyl halides is 3. The Hall–Kier alpha value is -2.09. The van der Waals surface area contributed by atoms with Crippen LogP contribution in [0.2, 0.25) is 0 Å². The molecule has 1 aromatic heterocycles. The number of aromatic nitrogens is 1. The van der Waals surface area contributed by atoms with E-state index >= 15 is 0 Å². The van der Waals surface area contributed by atoms with Crippen molar-refractivity contribution >= 4 is 17.2 Å². The Morgan fingerprint density at radius 1 is 1.29 bits per heavy atom. The zero-order chi connectivity index (χ0) is 17.7. The number of benzene rings is 1. The summed E-state index contributed by atoms with van der Waals surface area (Å²) in [5, 5.41) is 2.06. The number of hydrogen-bond acceptors (Lipinski definition) is 4. The summed E-state index contributed by atoms with van der Waals surface area (Å²) in [4.78, 5) is 17.3. The minimum atomic E-state index is -4.43. The van der Waals surface area contributed by atoms with Crippen LogP contribution in [0.1, 0.15) is 23.8 Å². The molecule has 0 saturated carbocycles. The van der Waals surface area contributed by atoms with Gasteiger partial charge in [-0.2, -0.15) is 13.2 Å². The fourth-order valence-corrected chi connectivity index (χ4v) is 2.94. The van der Waals surface area contributed by atoms with Gasteiger partial charge in [-0.3, -0.25) is 4.79 Å². The van der Waals surface area contributed by atoms with Gasteiger partial charge in [0.05, 0.1) is 7.11 Å². The summed E-state index contributed by atoms with van der Waals surface area (Å²) in [5.74, 6) is -0.0175. The molecule has 24 heavy (non-hydrogen) atoms.